The lowest BCUT2D eigenvalue weighted by molar-refractivity contribution is -0.126. The molecule has 0 radical (unpaired) electrons. The van der Waals surface area contributed by atoms with Gasteiger partial charge in [0, 0.05) is 12.6 Å². The number of Topliss-reactive ketones (excluding diaryl/α,β-unsaturated/α-hetero) is 2. The Bertz CT molecular complexity index is 590. The largest absolute Gasteiger partial charge is 0.299 e. The Hall–Kier alpha value is -2.30. The number of nitrogens with zero attached hydrogens (tertiary/aromatic N) is 3. The summed E-state index contributed by atoms with van der Waals surface area (Å²) < 4.78 is 1.69. The van der Waals surface area contributed by atoms with E-state index in [1.807, 2.05) is 30.3 Å². The molecule has 5 nitrogen and oxygen atoms in total. The summed E-state index contributed by atoms with van der Waals surface area (Å²) in [7, 11) is 0. The van der Waals surface area contributed by atoms with Crippen LogP contribution in [-0.4, -0.2) is 26.6 Å². The topological polar surface area (TPSA) is 64.8 Å². The van der Waals surface area contributed by atoms with Crippen LogP contribution >= 0.6 is 0 Å². The number of rotatable bonds is 7. The van der Waals surface area contributed by atoms with Crippen molar-refractivity contribution in [1.29, 1.82) is 0 Å². The predicted molar refractivity (Wildman–Crippen MR) is 74.2 cm³/mol. The SMILES string of the molecule is CCC(=O)CC(=O)Cc1cn(Cc2ccccc2)nn1. The molecule has 0 atom stereocenters. The van der Waals surface area contributed by atoms with Gasteiger partial charge in [0.05, 0.1) is 25.1 Å². The molecule has 0 aliphatic rings. The minimum atomic E-state index is -0.108. The Kier molecular flexibility index (Phi) is 4.76. The maximum absolute atomic E-state index is 11.7. The Morgan fingerprint density at radius 1 is 1.15 bits per heavy atom. The van der Waals surface area contributed by atoms with E-state index in [0.717, 1.165) is 5.56 Å². The van der Waals surface area contributed by atoms with Crippen LogP contribution in [0.15, 0.2) is 36.5 Å². The van der Waals surface area contributed by atoms with Gasteiger partial charge in [0.25, 0.3) is 0 Å². The van der Waals surface area contributed by atoms with Crippen LogP contribution in [0, 0.1) is 0 Å². The van der Waals surface area contributed by atoms with Crippen LogP contribution in [0.25, 0.3) is 0 Å². The second-order valence-electron chi connectivity index (χ2n) is 4.68. The van der Waals surface area contributed by atoms with Gasteiger partial charge < -0.3 is 0 Å². The zero-order valence-corrected chi connectivity index (χ0v) is 11.5. The lowest BCUT2D eigenvalue weighted by atomic mass is 10.1. The zero-order chi connectivity index (χ0) is 14.4. The Morgan fingerprint density at radius 3 is 2.60 bits per heavy atom. The van der Waals surface area contributed by atoms with Crippen LogP contribution in [0.3, 0.4) is 0 Å². The molecule has 0 saturated heterocycles. The van der Waals surface area contributed by atoms with E-state index in [0.29, 0.717) is 18.7 Å². The van der Waals surface area contributed by atoms with Crippen LogP contribution < -0.4 is 0 Å². The number of benzene rings is 1. The minimum absolute atomic E-state index is 0.0119. The quantitative estimate of drug-likeness (QED) is 0.720. The van der Waals surface area contributed by atoms with E-state index in [9.17, 15) is 9.59 Å². The van der Waals surface area contributed by atoms with Crippen molar-refractivity contribution in [2.45, 2.75) is 32.7 Å². The van der Waals surface area contributed by atoms with Gasteiger partial charge in [0.1, 0.15) is 11.6 Å². The van der Waals surface area contributed by atoms with Crippen LogP contribution in [0.1, 0.15) is 31.0 Å². The fourth-order valence-electron chi connectivity index (χ4n) is 1.88. The second-order valence-corrected chi connectivity index (χ2v) is 4.68. The van der Waals surface area contributed by atoms with Gasteiger partial charge in [-0.1, -0.05) is 42.5 Å². The monoisotopic (exact) mass is 271 g/mol. The summed E-state index contributed by atoms with van der Waals surface area (Å²) in [4.78, 5) is 22.8. The highest BCUT2D eigenvalue weighted by Gasteiger charge is 2.11. The van der Waals surface area contributed by atoms with Crippen molar-refractivity contribution in [3.63, 3.8) is 0 Å². The van der Waals surface area contributed by atoms with E-state index in [1.165, 1.54) is 0 Å². The van der Waals surface area contributed by atoms with E-state index in [1.54, 1.807) is 17.8 Å². The third kappa shape index (κ3) is 4.12. The first-order valence-corrected chi connectivity index (χ1v) is 6.63. The molecule has 0 amide bonds. The fourth-order valence-corrected chi connectivity index (χ4v) is 1.88. The Balaban J connectivity index is 1.92. The molecule has 0 aliphatic heterocycles. The molecule has 0 saturated carbocycles. The molecule has 5 heteroatoms. The molecule has 1 heterocycles. The molecule has 2 rings (SSSR count). The number of hydrogen-bond donors (Lipinski definition) is 0. The number of hydrogen-bond acceptors (Lipinski definition) is 4. The molecule has 20 heavy (non-hydrogen) atoms. The standard InChI is InChI=1S/C15H17N3O2/c1-2-14(19)9-15(20)8-13-11-18(17-16-13)10-12-6-4-3-5-7-12/h3-7,11H,2,8-10H2,1H3. The molecular weight excluding hydrogens is 254 g/mol. The van der Waals surface area contributed by atoms with Crippen LogP contribution in [0.4, 0.5) is 0 Å². The van der Waals surface area contributed by atoms with Crippen molar-refractivity contribution < 1.29 is 9.59 Å². The first-order valence-electron chi connectivity index (χ1n) is 6.63. The smallest absolute Gasteiger partial charge is 0.146 e. The van der Waals surface area contributed by atoms with E-state index in [4.69, 9.17) is 0 Å². The summed E-state index contributed by atoms with van der Waals surface area (Å²) in [5.41, 5.74) is 1.73. The third-order valence-corrected chi connectivity index (χ3v) is 2.94. The maximum Gasteiger partial charge on any atom is 0.146 e. The highest BCUT2D eigenvalue weighted by molar-refractivity contribution is 5.99. The lowest BCUT2D eigenvalue weighted by Crippen LogP contribution is -2.09. The minimum Gasteiger partial charge on any atom is -0.299 e. The van der Waals surface area contributed by atoms with Gasteiger partial charge in [-0.05, 0) is 5.56 Å². The van der Waals surface area contributed by atoms with Gasteiger partial charge in [-0.15, -0.1) is 5.10 Å². The predicted octanol–water partition coefficient (Wildman–Crippen LogP) is 1.81. The van der Waals surface area contributed by atoms with Crippen molar-refractivity contribution in [2.75, 3.05) is 0 Å². The molecule has 104 valence electrons. The average Bonchev–Trinajstić information content (AvgIpc) is 2.86. The van der Waals surface area contributed by atoms with Gasteiger partial charge in [-0.3, -0.25) is 9.59 Å². The Morgan fingerprint density at radius 2 is 1.90 bits per heavy atom. The van der Waals surface area contributed by atoms with Gasteiger partial charge in [-0.2, -0.15) is 0 Å². The molecular formula is C15H17N3O2. The summed E-state index contributed by atoms with van der Waals surface area (Å²) in [6.45, 7) is 2.38. The van der Waals surface area contributed by atoms with E-state index >= 15 is 0 Å². The summed E-state index contributed by atoms with van der Waals surface area (Å²) >= 11 is 0. The average molecular weight is 271 g/mol. The molecule has 1 aromatic heterocycles. The molecule has 0 unspecified atom stereocenters. The van der Waals surface area contributed by atoms with E-state index in [2.05, 4.69) is 10.3 Å². The molecule has 0 aliphatic carbocycles. The van der Waals surface area contributed by atoms with Gasteiger partial charge in [0.15, 0.2) is 0 Å². The third-order valence-electron chi connectivity index (χ3n) is 2.94. The molecule has 0 spiro atoms. The van der Waals surface area contributed by atoms with Crippen LogP contribution in [0.2, 0.25) is 0 Å². The number of ketones is 2. The van der Waals surface area contributed by atoms with Crippen LogP contribution in [0.5, 0.6) is 0 Å². The van der Waals surface area contributed by atoms with Crippen LogP contribution in [-0.2, 0) is 22.6 Å². The van der Waals surface area contributed by atoms with E-state index in [-0.39, 0.29) is 24.4 Å². The summed E-state index contributed by atoms with van der Waals surface area (Å²) in [6.07, 6.45) is 2.30. The maximum atomic E-state index is 11.7. The highest BCUT2D eigenvalue weighted by atomic mass is 16.1. The zero-order valence-electron chi connectivity index (χ0n) is 11.5. The first kappa shape index (κ1) is 14.1. The van der Waals surface area contributed by atoms with Crippen molar-refractivity contribution in [3.05, 3.63) is 47.8 Å². The number of carbonyl (C=O) groups is 2. The molecule has 0 fully saturated rings. The summed E-state index contributed by atoms with van der Waals surface area (Å²) in [6, 6.07) is 9.90. The van der Waals surface area contributed by atoms with Crippen molar-refractivity contribution >= 4 is 11.6 Å². The van der Waals surface area contributed by atoms with Gasteiger partial charge >= 0.3 is 0 Å². The summed E-state index contributed by atoms with van der Waals surface area (Å²) in [5.74, 6) is -0.143. The highest BCUT2D eigenvalue weighted by Crippen LogP contribution is 2.04. The van der Waals surface area contributed by atoms with Crippen molar-refractivity contribution in [3.8, 4) is 0 Å². The molecule has 1 aromatic carbocycles. The second kappa shape index (κ2) is 6.75. The first-order chi connectivity index (χ1) is 9.67. The molecule has 0 N–H and O–H groups in total. The van der Waals surface area contributed by atoms with Gasteiger partial charge in [0.2, 0.25) is 0 Å². The van der Waals surface area contributed by atoms with Gasteiger partial charge in [-0.25, -0.2) is 4.68 Å². The van der Waals surface area contributed by atoms with Crippen molar-refractivity contribution in [1.82, 2.24) is 15.0 Å². The van der Waals surface area contributed by atoms with Crippen molar-refractivity contribution in [2.24, 2.45) is 0 Å². The molecule has 0 bridgehead atoms. The number of aromatic nitrogens is 3. The number of carbonyl (C=O) groups excluding carboxylic acids is 2. The summed E-state index contributed by atoms with van der Waals surface area (Å²) in [5, 5.41) is 7.96. The Labute approximate surface area is 117 Å². The lowest BCUT2D eigenvalue weighted by Gasteiger charge is -1.99. The molecule has 2 aromatic rings. The normalized spacial score (nSPS) is 10.4. The van der Waals surface area contributed by atoms with E-state index < -0.39 is 0 Å². The fraction of sp³-hybridized carbons (Fsp3) is 0.333.